The van der Waals surface area contributed by atoms with Crippen LogP contribution in [-0.4, -0.2) is 185 Å². The maximum atomic E-state index is 14.9. The summed E-state index contributed by atoms with van der Waals surface area (Å²) in [6.07, 6.45) is -16.6. The molecule has 8 rings (SSSR count). The fraction of sp³-hybridized carbons (Fsp3) is 0.915. The average Bonchev–Trinajstić information content (AvgIpc) is 3.27. The molecule has 0 unspecified atom stereocenters. The number of carbonyl (C=O) groups is 2. The number of rotatable bonds is 9. The SMILES string of the molecule is C[C@@H]1O[C@@H](O[C@H]2[C@H](O)[C@@H](O)[C@H](OC[C@H]3O[C@@H](OC(=O)[C@]45CC[C@@](C)(O)C[C@H]4C4=CC[C@@H]6[C@@]7(C)CC[C@H](O)[C@@](C)(C=O)[C@@H]7CC[C@@]6(C)[C@]4(C)CC5)[C@H](O)[C@@H](O)[C@@H]3O)O[C@@H]2CO)[C@H](O)[C@H](O)[C@H]1O. The molecule has 11 N–H and O–H groups in total. The molecule has 0 aromatic rings. The second-order valence-electron chi connectivity index (χ2n) is 22.5. The third-order valence-corrected chi connectivity index (χ3v) is 19.0. The van der Waals surface area contributed by atoms with Crippen LogP contribution in [0.2, 0.25) is 0 Å². The highest BCUT2D eigenvalue weighted by Gasteiger charge is 2.70. The van der Waals surface area contributed by atoms with Gasteiger partial charge in [-0.05, 0) is 112 Å². The van der Waals surface area contributed by atoms with Gasteiger partial charge in [0.2, 0.25) is 6.29 Å². The number of fused-ring (bicyclic) bond motifs is 7. The smallest absolute Gasteiger partial charge is 0.315 e. The van der Waals surface area contributed by atoms with Gasteiger partial charge in [-0.1, -0.05) is 39.3 Å². The van der Waals surface area contributed by atoms with Gasteiger partial charge in [-0.2, -0.15) is 0 Å². The Kier molecular flexibility index (Phi) is 13.7. The molecule has 0 aromatic carbocycles. The first-order chi connectivity index (χ1) is 30.8. The number of hydrogen-bond donors (Lipinski definition) is 11. The standard InChI is InChI=1S/C47H74O19/c1-21-29(51)31(53)34(56)39(62-21)65-37-24(18-48)63-38(36(58)33(37)55)61-19-25-30(52)32(54)35(57)40(64-25)66-41(59)47-15-13-42(2,60)17-23(47)22-7-8-27-43(3)11-10-28(50)44(4,20-49)26(43)9-12-46(27,6)45(22,5)14-16-47/h7,20-21,23-40,48,50-58,60H,8-19H2,1-6H3/t21-,23-,24+,25+,26+,27+,28-,29-,30+,31+,32-,33+,34+,35+,36+,37+,38+,39-,40-,42+,43-,44-,45+,46+,47-/m0/s1. The first-order valence-electron chi connectivity index (χ1n) is 23.9. The van der Waals surface area contributed by atoms with E-state index in [1.807, 2.05) is 6.92 Å². The lowest BCUT2D eigenvalue weighted by atomic mass is 9.33. The molecule has 3 aliphatic heterocycles. The third-order valence-electron chi connectivity index (χ3n) is 19.0. The Hall–Kier alpha value is -1.76. The largest absolute Gasteiger partial charge is 0.432 e. The number of aliphatic hydroxyl groups is 11. The van der Waals surface area contributed by atoms with E-state index in [2.05, 4.69) is 26.8 Å². The molecule has 19 nitrogen and oxygen atoms in total. The van der Waals surface area contributed by atoms with E-state index >= 15 is 0 Å². The van der Waals surface area contributed by atoms with Crippen LogP contribution in [0.4, 0.5) is 0 Å². The van der Waals surface area contributed by atoms with Crippen LogP contribution in [0.25, 0.3) is 0 Å². The van der Waals surface area contributed by atoms with Crippen molar-refractivity contribution < 1.29 is 94.2 Å². The lowest BCUT2D eigenvalue weighted by Gasteiger charge is -2.70. The van der Waals surface area contributed by atoms with Crippen molar-refractivity contribution in [1.29, 1.82) is 0 Å². The van der Waals surface area contributed by atoms with E-state index in [1.54, 1.807) is 6.92 Å². The molecule has 66 heavy (non-hydrogen) atoms. The van der Waals surface area contributed by atoms with Crippen molar-refractivity contribution in [3.63, 3.8) is 0 Å². The zero-order valence-corrected chi connectivity index (χ0v) is 38.8. The highest BCUT2D eigenvalue weighted by Crippen LogP contribution is 2.75. The number of ether oxygens (including phenoxy) is 6. The molecule has 0 amide bonds. The Labute approximate surface area is 385 Å². The van der Waals surface area contributed by atoms with Crippen LogP contribution < -0.4 is 0 Å². The summed E-state index contributed by atoms with van der Waals surface area (Å²) >= 11 is 0. The van der Waals surface area contributed by atoms with Gasteiger partial charge in [-0.25, -0.2) is 0 Å². The van der Waals surface area contributed by atoms with Crippen molar-refractivity contribution in [3.8, 4) is 0 Å². The van der Waals surface area contributed by atoms with Gasteiger partial charge in [-0.3, -0.25) is 4.79 Å². The van der Waals surface area contributed by atoms with E-state index in [4.69, 9.17) is 28.4 Å². The van der Waals surface area contributed by atoms with Gasteiger partial charge in [-0.15, -0.1) is 0 Å². The number of aliphatic hydroxyl groups excluding tert-OH is 10. The van der Waals surface area contributed by atoms with E-state index in [0.717, 1.165) is 31.1 Å². The zero-order chi connectivity index (χ0) is 48.3. The summed E-state index contributed by atoms with van der Waals surface area (Å²) < 4.78 is 34.5. The van der Waals surface area contributed by atoms with Crippen LogP contribution in [0, 0.1) is 44.8 Å². The Balaban J connectivity index is 0.977. The minimum absolute atomic E-state index is 0.00694. The molecule has 3 saturated heterocycles. The first kappa shape index (κ1) is 50.6. The Morgan fingerprint density at radius 3 is 2.05 bits per heavy atom. The van der Waals surface area contributed by atoms with Gasteiger partial charge in [0.15, 0.2) is 12.6 Å². The van der Waals surface area contributed by atoms with E-state index in [0.29, 0.717) is 32.1 Å². The summed E-state index contributed by atoms with van der Waals surface area (Å²) in [5, 5.41) is 119. The number of carbonyl (C=O) groups excluding carboxylic acids is 2. The summed E-state index contributed by atoms with van der Waals surface area (Å²) in [4.78, 5) is 27.5. The van der Waals surface area contributed by atoms with E-state index < -0.39 is 140 Å². The van der Waals surface area contributed by atoms with E-state index in [1.165, 1.54) is 6.92 Å². The molecule has 0 bridgehead atoms. The number of allylic oxidation sites excluding steroid dienone is 2. The summed E-state index contributed by atoms with van der Waals surface area (Å²) in [5.41, 5.74) is -2.84. The molecule has 25 atom stereocenters. The molecular weight excluding hydrogens is 868 g/mol. The molecule has 19 heteroatoms. The maximum absolute atomic E-state index is 14.9. The molecule has 4 saturated carbocycles. The summed E-state index contributed by atoms with van der Waals surface area (Å²) in [6.45, 7) is 10.6. The first-order valence-corrected chi connectivity index (χ1v) is 23.9. The molecule has 5 aliphatic carbocycles. The zero-order valence-electron chi connectivity index (χ0n) is 38.8. The summed E-state index contributed by atoms with van der Waals surface area (Å²) in [6, 6.07) is 0. The molecule has 376 valence electrons. The third kappa shape index (κ3) is 7.78. The highest BCUT2D eigenvalue weighted by atomic mass is 16.8. The number of hydrogen-bond acceptors (Lipinski definition) is 19. The van der Waals surface area contributed by atoms with Crippen molar-refractivity contribution in [2.45, 2.75) is 210 Å². The minimum Gasteiger partial charge on any atom is -0.432 e. The maximum Gasteiger partial charge on any atom is 0.315 e. The van der Waals surface area contributed by atoms with Crippen molar-refractivity contribution >= 4 is 12.3 Å². The van der Waals surface area contributed by atoms with Crippen molar-refractivity contribution in [2.24, 2.45) is 44.8 Å². The van der Waals surface area contributed by atoms with Crippen LogP contribution >= 0.6 is 0 Å². The minimum atomic E-state index is -1.89. The predicted octanol–water partition coefficient (Wildman–Crippen LogP) is -0.928. The second kappa shape index (κ2) is 17.8. The van der Waals surface area contributed by atoms with Crippen LogP contribution in [0.1, 0.15) is 106 Å². The topological polar surface area (TPSA) is 312 Å². The molecule has 0 radical (unpaired) electrons. The molecule has 3 heterocycles. The molecule has 0 aromatic heterocycles. The van der Waals surface area contributed by atoms with Crippen LogP contribution in [0.3, 0.4) is 0 Å². The summed E-state index contributed by atoms with van der Waals surface area (Å²) in [7, 11) is 0. The highest BCUT2D eigenvalue weighted by molar-refractivity contribution is 5.79. The second-order valence-corrected chi connectivity index (χ2v) is 22.5. The molecule has 0 spiro atoms. The quantitative estimate of drug-likeness (QED) is 0.0756. The van der Waals surface area contributed by atoms with Gasteiger partial charge in [0.05, 0.1) is 41.9 Å². The Morgan fingerprint density at radius 2 is 1.36 bits per heavy atom. The Morgan fingerprint density at radius 1 is 0.727 bits per heavy atom. The predicted molar refractivity (Wildman–Crippen MR) is 226 cm³/mol. The van der Waals surface area contributed by atoms with Gasteiger partial charge in [0, 0.05) is 0 Å². The van der Waals surface area contributed by atoms with E-state index in [9.17, 15) is 65.8 Å². The van der Waals surface area contributed by atoms with Gasteiger partial charge < -0.3 is 89.4 Å². The average molecular weight is 943 g/mol. The number of esters is 1. The Bertz CT molecular complexity index is 1830. The molecule has 7 fully saturated rings. The van der Waals surface area contributed by atoms with Gasteiger partial charge in [0.25, 0.3) is 0 Å². The fourth-order valence-electron chi connectivity index (χ4n) is 14.5. The van der Waals surface area contributed by atoms with Crippen molar-refractivity contribution in [3.05, 3.63) is 11.6 Å². The van der Waals surface area contributed by atoms with E-state index in [-0.39, 0.29) is 40.9 Å². The van der Waals surface area contributed by atoms with Crippen LogP contribution in [0.5, 0.6) is 0 Å². The van der Waals surface area contributed by atoms with Crippen molar-refractivity contribution in [2.75, 3.05) is 13.2 Å². The number of aldehydes is 1. The van der Waals surface area contributed by atoms with Gasteiger partial charge >= 0.3 is 5.97 Å². The summed E-state index contributed by atoms with van der Waals surface area (Å²) in [5.74, 6) is -0.930. The molecule has 8 aliphatic rings. The normalized spacial score (nSPS) is 56.1. The molecular formula is C47H74O19. The monoisotopic (exact) mass is 942 g/mol. The van der Waals surface area contributed by atoms with Crippen LogP contribution in [-0.2, 0) is 38.0 Å². The van der Waals surface area contributed by atoms with Crippen LogP contribution in [0.15, 0.2) is 11.6 Å². The fourth-order valence-corrected chi connectivity index (χ4v) is 14.5. The van der Waals surface area contributed by atoms with Gasteiger partial charge in [0.1, 0.15) is 73.4 Å². The lowest BCUT2D eigenvalue weighted by molar-refractivity contribution is -0.361. The van der Waals surface area contributed by atoms with Crippen molar-refractivity contribution in [1.82, 2.24) is 0 Å². The lowest BCUT2D eigenvalue weighted by Crippen LogP contribution is -2.66.